The van der Waals surface area contributed by atoms with Crippen LogP contribution in [0.4, 0.5) is 22.2 Å². The smallest absolute Gasteiger partial charge is 0.409 e. The first-order valence-electron chi connectivity index (χ1n) is 8.46. The van der Waals surface area contributed by atoms with Crippen LogP contribution >= 0.6 is 11.6 Å². The van der Waals surface area contributed by atoms with Crippen LogP contribution in [0.25, 0.3) is 0 Å². The van der Waals surface area contributed by atoms with Crippen molar-refractivity contribution in [2.75, 3.05) is 43.0 Å². The third kappa shape index (κ3) is 4.32. The average molecular weight is 377 g/mol. The fourth-order valence-electron chi connectivity index (χ4n) is 2.68. The molecule has 0 radical (unpaired) electrons. The minimum Gasteiger partial charge on any atom is -0.450 e. The summed E-state index contributed by atoms with van der Waals surface area (Å²) in [7, 11) is 0. The summed E-state index contributed by atoms with van der Waals surface area (Å²) >= 11 is 6.05. The first-order valence-corrected chi connectivity index (χ1v) is 8.84. The third-order valence-corrected chi connectivity index (χ3v) is 4.36. The Labute approximate surface area is 157 Å². The Bertz CT molecular complexity index is 780. The minimum absolute atomic E-state index is 0.272. The zero-order chi connectivity index (χ0) is 18.5. The van der Waals surface area contributed by atoms with Crippen LogP contribution in [0.2, 0.25) is 5.02 Å². The molecule has 1 aliphatic heterocycles. The molecule has 1 fully saturated rings. The van der Waals surface area contributed by atoms with E-state index in [2.05, 4.69) is 25.4 Å². The number of carbonyl (C=O) groups is 1. The van der Waals surface area contributed by atoms with Crippen molar-refractivity contribution in [1.29, 1.82) is 0 Å². The maximum absolute atomic E-state index is 11.8. The molecule has 1 aromatic heterocycles. The van der Waals surface area contributed by atoms with Gasteiger partial charge in [-0.3, -0.25) is 0 Å². The number of anilines is 3. The SMILES string of the molecule is CCOC(=O)N1CCN(c2cnnc(Nc3cc(Cl)ccc3C)n2)CC1. The molecule has 0 bridgehead atoms. The van der Waals surface area contributed by atoms with Gasteiger partial charge in [-0.1, -0.05) is 17.7 Å². The number of rotatable bonds is 4. The van der Waals surface area contributed by atoms with E-state index >= 15 is 0 Å². The van der Waals surface area contributed by atoms with Gasteiger partial charge < -0.3 is 19.9 Å². The molecule has 9 heteroatoms. The predicted octanol–water partition coefficient (Wildman–Crippen LogP) is 2.86. The van der Waals surface area contributed by atoms with Gasteiger partial charge in [0.25, 0.3) is 0 Å². The summed E-state index contributed by atoms with van der Waals surface area (Å²) in [6.07, 6.45) is 1.35. The third-order valence-electron chi connectivity index (χ3n) is 4.12. The molecule has 8 nitrogen and oxygen atoms in total. The maximum atomic E-state index is 11.8. The molecule has 26 heavy (non-hydrogen) atoms. The highest BCUT2D eigenvalue weighted by Gasteiger charge is 2.23. The summed E-state index contributed by atoms with van der Waals surface area (Å²) in [6, 6.07) is 5.59. The van der Waals surface area contributed by atoms with Crippen LogP contribution in [0.1, 0.15) is 12.5 Å². The van der Waals surface area contributed by atoms with Crippen LogP contribution in [0, 0.1) is 6.92 Å². The lowest BCUT2D eigenvalue weighted by Gasteiger charge is -2.34. The van der Waals surface area contributed by atoms with Crippen molar-refractivity contribution in [2.45, 2.75) is 13.8 Å². The van der Waals surface area contributed by atoms with Crippen molar-refractivity contribution in [2.24, 2.45) is 0 Å². The summed E-state index contributed by atoms with van der Waals surface area (Å²) in [5, 5.41) is 11.9. The fraction of sp³-hybridized carbons (Fsp3) is 0.412. The van der Waals surface area contributed by atoms with Gasteiger partial charge in [-0.25, -0.2) is 4.79 Å². The second-order valence-electron chi connectivity index (χ2n) is 5.90. The molecular formula is C17H21ClN6O2. The molecule has 1 aliphatic rings. The van der Waals surface area contributed by atoms with Crippen LogP contribution in [0.5, 0.6) is 0 Å². The molecule has 0 spiro atoms. The Morgan fingerprint density at radius 2 is 2.08 bits per heavy atom. The molecule has 1 N–H and O–H groups in total. The number of hydrogen-bond donors (Lipinski definition) is 1. The lowest BCUT2D eigenvalue weighted by molar-refractivity contribution is 0.105. The number of aryl methyl sites for hydroxylation is 1. The van der Waals surface area contributed by atoms with Gasteiger partial charge in [0, 0.05) is 36.9 Å². The molecule has 1 aromatic carbocycles. The van der Waals surface area contributed by atoms with E-state index in [1.54, 1.807) is 18.0 Å². The van der Waals surface area contributed by atoms with E-state index in [-0.39, 0.29) is 6.09 Å². The number of amides is 1. The Balaban J connectivity index is 1.66. The van der Waals surface area contributed by atoms with E-state index in [9.17, 15) is 4.79 Å². The molecular weight excluding hydrogens is 356 g/mol. The number of nitrogens with one attached hydrogen (secondary N) is 1. The molecule has 0 unspecified atom stereocenters. The van der Waals surface area contributed by atoms with E-state index in [1.165, 1.54) is 0 Å². The number of nitrogens with zero attached hydrogens (tertiary/aromatic N) is 5. The van der Waals surface area contributed by atoms with Crippen molar-refractivity contribution in [3.8, 4) is 0 Å². The second kappa shape index (κ2) is 8.18. The summed E-state index contributed by atoms with van der Waals surface area (Å²) in [6.45, 7) is 6.65. The molecule has 0 atom stereocenters. The largest absolute Gasteiger partial charge is 0.450 e. The highest BCUT2D eigenvalue weighted by Crippen LogP contribution is 2.23. The highest BCUT2D eigenvalue weighted by molar-refractivity contribution is 6.30. The van der Waals surface area contributed by atoms with E-state index in [1.807, 2.05) is 25.1 Å². The number of aromatic nitrogens is 3. The highest BCUT2D eigenvalue weighted by atomic mass is 35.5. The van der Waals surface area contributed by atoms with E-state index < -0.39 is 0 Å². The van der Waals surface area contributed by atoms with E-state index in [0.717, 1.165) is 11.3 Å². The molecule has 1 amide bonds. The standard InChI is InChI=1S/C17H21ClN6O2/c1-3-26-17(25)24-8-6-23(7-9-24)15-11-19-22-16(21-15)20-14-10-13(18)5-4-12(14)2/h4-5,10-11H,3,6-9H2,1-2H3,(H,20,21,22). The van der Waals surface area contributed by atoms with Crippen LogP contribution < -0.4 is 10.2 Å². The molecule has 2 heterocycles. The number of carbonyl (C=O) groups excluding carboxylic acids is 1. The zero-order valence-corrected chi connectivity index (χ0v) is 15.5. The van der Waals surface area contributed by atoms with Crippen molar-refractivity contribution in [3.63, 3.8) is 0 Å². The number of benzene rings is 1. The summed E-state index contributed by atoms with van der Waals surface area (Å²) in [5.41, 5.74) is 1.87. The normalized spacial score (nSPS) is 14.3. The molecule has 138 valence electrons. The number of piperazine rings is 1. The number of ether oxygens (including phenoxy) is 1. The molecule has 0 saturated carbocycles. The van der Waals surface area contributed by atoms with Gasteiger partial charge in [0.2, 0.25) is 5.95 Å². The number of hydrogen-bond acceptors (Lipinski definition) is 7. The first kappa shape index (κ1) is 18.2. The Kier molecular flexibility index (Phi) is 5.72. The maximum Gasteiger partial charge on any atom is 0.409 e. The minimum atomic E-state index is -0.272. The molecule has 2 aromatic rings. The second-order valence-corrected chi connectivity index (χ2v) is 6.33. The van der Waals surface area contributed by atoms with Crippen molar-refractivity contribution < 1.29 is 9.53 Å². The van der Waals surface area contributed by atoms with E-state index in [4.69, 9.17) is 16.3 Å². The molecule has 3 rings (SSSR count). The van der Waals surface area contributed by atoms with Crippen LogP contribution in [-0.2, 0) is 4.74 Å². The van der Waals surface area contributed by atoms with Gasteiger partial charge >= 0.3 is 6.09 Å². The van der Waals surface area contributed by atoms with Gasteiger partial charge in [0.05, 0.1) is 12.8 Å². The molecule has 1 saturated heterocycles. The van der Waals surface area contributed by atoms with Crippen LogP contribution in [-0.4, -0.2) is 59.0 Å². The summed E-state index contributed by atoms with van der Waals surface area (Å²) in [4.78, 5) is 20.1. The van der Waals surface area contributed by atoms with Gasteiger partial charge in [0.1, 0.15) is 0 Å². The zero-order valence-electron chi connectivity index (χ0n) is 14.8. The lowest BCUT2D eigenvalue weighted by Crippen LogP contribution is -2.49. The van der Waals surface area contributed by atoms with Crippen molar-refractivity contribution >= 4 is 35.1 Å². The Morgan fingerprint density at radius 3 is 2.81 bits per heavy atom. The Hall–Kier alpha value is -2.61. The van der Waals surface area contributed by atoms with Crippen molar-refractivity contribution in [1.82, 2.24) is 20.1 Å². The van der Waals surface area contributed by atoms with E-state index in [0.29, 0.717) is 49.6 Å². The fourth-order valence-corrected chi connectivity index (χ4v) is 2.85. The van der Waals surface area contributed by atoms with Crippen LogP contribution in [0.15, 0.2) is 24.4 Å². The van der Waals surface area contributed by atoms with Crippen molar-refractivity contribution in [3.05, 3.63) is 35.0 Å². The lowest BCUT2D eigenvalue weighted by atomic mass is 10.2. The average Bonchev–Trinajstić information content (AvgIpc) is 2.65. The first-order chi connectivity index (χ1) is 12.6. The molecule has 0 aliphatic carbocycles. The van der Waals surface area contributed by atoms with Gasteiger partial charge in [0.15, 0.2) is 5.82 Å². The Morgan fingerprint density at radius 1 is 1.31 bits per heavy atom. The number of halogens is 1. The van der Waals surface area contributed by atoms with Crippen LogP contribution in [0.3, 0.4) is 0 Å². The van der Waals surface area contributed by atoms with Gasteiger partial charge in [-0.05, 0) is 31.5 Å². The summed E-state index contributed by atoms with van der Waals surface area (Å²) < 4.78 is 5.04. The van der Waals surface area contributed by atoms with Gasteiger partial charge in [-0.2, -0.15) is 10.1 Å². The summed E-state index contributed by atoms with van der Waals surface area (Å²) in [5.74, 6) is 1.12. The monoisotopic (exact) mass is 376 g/mol. The van der Waals surface area contributed by atoms with Gasteiger partial charge in [-0.15, -0.1) is 5.10 Å². The predicted molar refractivity (Wildman–Crippen MR) is 100 cm³/mol. The topological polar surface area (TPSA) is 83.5 Å². The quantitative estimate of drug-likeness (QED) is 0.878.